The van der Waals surface area contributed by atoms with Gasteiger partial charge in [0.15, 0.2) is 0 Å². The molecule has 0 aliphatic carbocycles. The van der Waals surface area contributed by atoms with Gasteiger partial charge in [-0.3, -0.25) is 9.13 Å². The lowest BCUT2D eigenvalue weighted by Gasteiger charge is -2.13. The maximum atomic E-state index is 5.55. The van der Waals surface area contributed by atoms with Crippen LogP contribution in [0, 0.1) is 27.7 Å². The SMILES string of the molecule is C/C=C/c1c(C)n(-c2cccc(-c3ccc(-c4ccccc4)cc3C)c2)c2nc3c(cc12)c1cc(C)ccc1n3-c1cccc(C)c1. The molecule has 5 aromatic carbocycles. The van der Waals surface area contributed by atoms with Crippen LogP contribution in [-0.4, -0.2) is 14.1 Å². The number of fused-ring (bicyclic) bond motifs is 4. The molecule has 8 rings (SSSR count). The highest BCUT2D eigenvalue weighted by atomic mass is 15.1. The second-order valence-corrected chi connectivity index (χ2v) is 12.7. The predicted octanol–water partition coefficient (Wildman–Crippen LogP) is 11.7. The molecule has 0 atom stereocenters. The molecule has 0 radical (unpaired) electrons. The Bertz CT molecular complexity index is 2510. The van der Waals surface area contributed by atoms with Gasteiger partial charge < -0.3 is 0 Å². The third kappa shape index (κ3) is 4.78. The second kappa shape index (κ2) is 11.3. The van der Waals surface area contributed by atoms with Gasteiger partial charge in [-0.15, -0.1) is 0 Å². The Kier molecular flexibility index (Phi) is 6.91. The van der Waals surface area contributed by atoms with Crippen LogP contribution in [0.1, 0.15) is 34.9 Å². The smallest absolute Gasteiger partial charge is 0.148 e. The number of pyridine rings is 1. The van der Waals surface area contributed by atoms with Crippen molar-refractivity contribution >= 4 is 39.0 Å². The van der Waals surface area contributed by atoms with E-state index >= 15 is 0 Å². The Morgan fingerprint density at radius 2 is 1.26 bits per heavy atom. The van der Waals surface area contributed by atoms with E-state index in [0.717, 1.165) is 28.1 Å². The van der Waals surface area contributed by atoms with Crippen molar-refractivity contribution < 1.29 is 0 Å². The van der Waals surface area contributed by atoms with E-state index in [0.29, 0.717) is 0 Å². The molecule has 0 amide bonds. The molecule has 0 bridgehead atoms. The summed E-state index contributed by atoms with van der Waals surface area (Å²) in [7, 11) is 0. The zero-order valence-electron chi connectivity index (χ0n) is 27.5. The van der Waals surface area contributed by atoms with Gasteiger partial charge in [0.1, 0.15) is 11.3 Å². The van der Waals surface area contributed by atoms with Crippen molar-refractivity contribution in [3.05, 3.63) is 155 Å². The fraction of sp³-hybridized carbons (Fsp3) is 0.114. The lowest BCUT2D eigenvalue weighted by molar-refractivity contribution is 1.02. The molecule has 3 nitrogen and oxygen atoms in total. The van der Waals surface area contributed by atoms with Gasteiger partial charge in [0.2, 0.25) is 0 Å². The average Bonchev–Trinajstić information content (AvgIpc) is 3.54. The van der Waals surface area contributed by atoms with E-state index in [2.05, 4.69) is 177 Å². The first kappa shape index (κ1) is 28.8. The van der Waals surface area contributed by atoms with Gasteiger partial charge in [-0.05, 0) is 110 Å². The zero-order chi connectivity index (χ0) is 32.2. The second-order valence-electron chi connectivity index (χ2n) is 12.7. The summed E-state index contributed by atoms with van der Waals surface area (Å²) >= 11 is 0. The van der Waals surface area contributed by atoms with Crippen LogP contribution in [0.4, 0.5) is 0 Å². The third-order valence-electron chi connectivity index (χ3n) is 9.45. The number of aromatic nitrogens is 3. The summed E-state index contributed by atoms with van der Waals surface area (Å²) in [5, 5.41) is 3.55. The molecule has 47 heavy (non-hydrogen) atoms. The average molecular weight is 608 g/mol. The molecule has 3 heterocycles. The molecule has 3 aromatic heterocycles. The molecule has 0 unspecified atom stereocenters. The van der Waals surface area contributed by atoms with Gasteiger partial charge in [0.05, 0.1) is 5.52 Å². The Labute approximate surface area is 276 Å². The van der Waals surface area contributed by atoms with Crippen LogP contribution in [0.15, 0.2) is 127 Å². The summed E-state index contributed by atoms with van der Waals surface area (Å²) in [5.41, 5.74) is 16.3. The number of allylic oxidation sites excluding steroid dienone is 1. The molecule has 8 aromatic rings. The van der Waals surface area contributed by atoms with Gasteiger partial charge in [-0.1, -0.05) is 96.6 Å². The maximum absolute atomic E-state index is 5.55. The molecule has 228 valence electrons. The van der Waals surface area contributed by atoms with E-state index in [1.807, 2.05) is 0 Å². The number of hydrogen-bond donors (Lipinski definition) is 0. The zero-order valence-corrected chi connectivity index (χ0v) is 27.5. The molecule has 0 spiro atoms. The Morgan fingerprint density at radius 3 is 2.02 bits per heavy atom. The normalized spacial score (nSPS) is 11.9. The van der Waals surface area contributed by atoms with Crippen molar-refractivity contribution in [1.29, 1.82) is 0 Å². The van der Waals surface area contributed by atoms with E-state index in [9.17, 15) is 0 Å². The number of hydrogen-bond acceptors (Lipinski definition) is 1. The monoisotopic (exact) mass is 607 g/mol. The highest BCUT2D eigenvalue weighted by molar-refractivity contribution is 6.12. The fourth-order valence-electron chi connectivity index (χ4n) is 7.21. The number of benzene rings is 5. The molecular formula is C44H37N3. The summed E-state index contributed by atoms with van der Waals surface area (Å²) in [4.78, 5) is 5.55. The highest BCUT2D eigenvalue weighted by Gasteiger charge is 2.21. The summed E-state index contributed by atoms with van der Waals surface area (Å²) < 4.78 is 4.66. The largest absolute Gasteiger partial charge is 0.298 e. The van der Waals surface area contributed by atoms with Crippen LogP contribution >= 0.6 is 0 Å². The first-order chi connectivity index (χ1) is 22.9. The molecule has 3 heteroatoms. The molecule has 0 aliphatic heterocycles. The minimum absolute atomic E-state index is 0.963. The summed E-state index contributed by atoms with van der Waals surface area (Å²) in [6.45, 7) is 10.8. The van der Waals surface area contributed by atoms with Crippen LogP contribution < -0.4 is 0 Å². The third-order valence-corrected chi connectivity index (χ3v) is 9.45. The van der Waals surface area contributed by atoms with Crippen molar-refractivity contribution in [1.82, 2.24) is 14.1 Å². The molecule has 0 saturated heterocycles. The quantitative estimate of drug-likeness (QED) is 0.191. The number of aryl methyl sites for hydroxylation is 3. The van der Waals surface area contributed by atoms with Crippen molar-refractivity contribution in [2.24, 2.45) is 0 Å². The maximum Gasteiger partial charge on any atom is 0.148 e. The Hall–Kier alpha value is -5.67. The van der Waals surface area contributed by atoms with E-state index < -0.39 is 0 Å². The predicted molar refractivity (Wildman–Crippen MR) is 200 cm³/mol. The summed E-state index contributed by atoms with van der Waals surface area (Å²) in [6, 6.07) is 44.1. The minimum Gasteiger partial charge on any atom is -0.298 e. The summed E-state index contributed by atoms with van der Waals surface area (Å²) in [6.07, 6.45) is 4.35. The lowest BCUT2D eigenvalue weighted by atomic mass is 9.95. The van der Waals surface area contributed by atoms with Crippen molar-refractivity contribution in [3.63, 3.8) is 0 Å². The molecule has 0 saturated carbocycles. The highest BCUT2D eigenvalue weighted by Crippen LogP contribution is 2.38. The van der Waals surface area contributed by atoms with Crippen LogP contribution in [0.25, 0.3) is 72.7 Å². The summed E-state index contributed by atoms with van der Waals surface area (Å²) in [5.74, 6) is 0. The lowest BCUT2D eigenvalue weighted by Crippen LogP contribution is -2.00. The molecular weight excluding hydrogens is 571 g/mol. The Balaban J connectivity index is 1.37. The first-order valence-corrected chi connectivity index (χ1v) is 16.3. The van der Waals surface area contributed by atoms with Crippen molar-refractivity contribution in [2.45, 2.75) is 34.6 Å². The molecule has 0 N–H and O–H groups in total. The van der Waals surface area contributed by atoms with Crippen LogP contribution in [-0.2, 0) is 0 Å². The van der Waals surface area contributed by atoms with Crippen LogP contribution in [0.5, 0.6) is 0 Å². The van der Waals surface area contributed by atoms with Gasteiger partial charge in [0, 0.05) is 38.8 Å². The number of rotatable bonds is 5. The van der Waals surface area contributed by atoms with Gasteiger partial charge >= 0.3 is 0 Å². The van der Waals surface area contributed by atoms with Gasteiger partial charge in [-0.2, -0.15) is 0 Å². The fourth-order valence-corrected chi connectivity index (χ4v) is 7.21. The molecule has 0 fully saturated rings. The number of nitrogens with zero attached hydrogens (tertiary/aromatic N) is 3. The van der Waals surface area contributed by atoms with Crippen LogP contribution in [0.3, 0.4) is 0 Å². The first-order valence-electron chi connectivity index (χ1n) is 16.3. The minimum atomic E-state index is 0.963. The van der Waals surface area contributed by atoms with Crippen LogP contribution in [0.2, 0.25) is 0 Å². The van der Waals surface area contributed by atoms with Crippen molar-refractivity contribution in [2.75, 3.05) is 0 Å². The van der Waals surface area contributed by atoms with Gasteiger partial charge in [-0.25, -0.2) is 4.98 Å². The van der Waals surface area contributed by atoms with E-state index in [-0.39, 0.29) is 0 Å². The Morgan fingerprint density at radius 1 is 0.532 bits per heavy atom. The topological polar surface area (TPSA) is 22.8 Å². The standard InChI is InChI=1S/C44H37N3/c1-6-12-38-31(5)46(36-18-11-16-34(26-36)37-21-20-33(25-30(37)4)32-14-8-7-9-15-32)43-40(38)27-41-39-24-29(3)19-22-42(39)47(44(41)45-43)35-17-10-13-28(2)23-35/h6-27H,1-5H3/b12-6+. The van der Waals surface area contributed by atoms with E-state index in [1.165, 1.54) is 66.5 Å². The van der Waals surface area contributed by atoms with Gasteiger partial charge in [0.25, 0.3) is 0 Å². The molecule has 0 aliphatic rings. The van der Waals surface area contributed by atoms with E-state index in [1.54, 1.807) is 0 Å². The van der Waals surface area contributed by atoms with E-state index in [4.69, 9.17) is 4.98 Å². The van der Waals surface area contributed by atoms with Crippen molar-refractivity contribution in [3.8, 4) is 33.6 Å².